The molecule has 2 aromatic carbocycles. The van der Waals surface area contributed by atoms with Crippen molar-refractivity contribution in [2.75, 3.05) is 6.61 Å². The van der Waals surface area contributed by atoms with E-state index in [1.165, 1.54) is 12.1 Å². The van der Waals surface area contributed by atoms with Gasteiger partial charge < -0.3 is 4.74 Å². The second-order valence-electron chi connectivity index (χ2n) is 6.70. The maximum absolute atomic E-state index is 13.4. The van der Waals surface area contributed by atoms with Gasteiger partial charge in [0.1, 0.15) is 5.82 Å². The van der Waals surface area contributed by atoms with Gasteiger partial charge in [-0.15, -0.1) is 0 Å². The smallest absolute Gasteiger partial charge is 0.338 e. The molecule has 29 heavy (non-hydrogen) atoms. The number of rotatable bonds is 4. The number of ether oxygens (including phenoxy) is 1. The molecule has 0 aliphatic carbocycles. The summed E-state index contributed by atoms with van der Waals surface area (Å²) in [5.41, 5.74) is 5.45. The number of aromatic nitrogens is 2. The molecule has 0 saturated carbocycles. The van der Waals surface area contributed by atoms with Crippen molar-refractivity contribution in [3.05, 3.63) is 83.9 Å². The molecule has 5 heteroatoms. The van der Waals surface area contributed by atoms with Crippen LogP contribution in [0.15, 0.2) is 66.9 Å². The molecule has 144 valence electrons. The average molecular weight is 386 g/mol. The van der Waals surface area contributed by atoms with Crippen LogP contribution in [0.1, 0.15) is 23.0 Å². The first-order valence-corrected chi connectivity index (χ1v) is 9.36. The van der Waals surface area contributed by atoms with Gasteiger partial charge in [0.25, 0.3) is 0 Å². The Kier molecular flexibility index (Phi) is 5.04. The molecule has 0 aliphatic heterocycles. The van der Waals surface area contributed by atoms with Crippen molar-refractivity contribution in [2.45, 2.75) is 13.8 Å². The number of aryl methyl sites for hydroxylation is 1. The van der Waals surface area contributed by atoms with Gasteiger partial charge in [-0.1, -0.05) is 18.2 Å². The molecule has 0 N–H and O–H groups in total. The summed E-state index contributed by atoms with van der Waals surface area (Å²) in [4.78, 5) is 21.2. The van der Waals surface area contributed by atoms with Crippen LogP contribution in [0.25, 0.3) is 33.3 Å². The highest BCUT2D eigenvalue weighted by Crippen LogP contribution is 2.33. The summed E-state index contributed by atoms with van der Waals surface area (Å²) in [5, 5.41) is 0.874. The van der Waals surface area contributed by atoms with Crippen LogP contribution in [0.5, 0.6) is 0 Å². The first kappa shape index (κ1) is 18.7. The van der Waals surface area contributed by atoms with Crippen LogP contribution in [-0.2, 0) is 4.74 Å². The van der Waals surface area contributed by atoms with Gasteiger partial charge in [-0.3, -0.25) is 4.98 Å². The molecule has 4 nitrogen and oxygen atoms in total. The van der Waals surface area contributed by atoms with Crippen LogP contribution in [0, 0.1) is 12.7 Å². The van der Waals surface area contributed by atoms with E-state index in [1.54, 1.807) is 37.4 Å². The first-order chi connectivity index (χ1) is 14.0. The zero-order valence-electron chi connectivity index (χ0n) is 16.1. The molecule has 0 saturated heterocycles. The third kappa shape index (κ3) is 3.85. The second-order valence-corrected chi connectivity index (χ2v) is 6.70. The Hall–Kier alpha value is -3.60. The molecule has 2 aromatic heterocycles. The van der Waals surface area contributed by atoms with Crippen LogP contribution in [-0.4, -0.2) is 22.5 Å². The molecule has 0 amide bonds. The van der Waals surface area contributed by atoms with Crippen LogP contribution in [0.4, 0.5) is 4.39 Å². The molecular formula is C24H19FN2O2. The maximum Gasteiger partial charge on any atom is 0.338 e. The number of carbonyl (C=O) groups excluding carboxylic acids is 1. The molecule has 2 heterocycles. The van der Waals surface area contributed by atoms with E-state index in [0.29, 0.717) is 17.7 Å². The molecule has 4 rings (SSSR count). The van der Waals surface area contributed by atoms with E-state index >= 15 is 0 Å². The normalized spacial score (nSPS) is 10.9. The Bertz CT molecular complexity index is 1200. The number of carbonyl (C=O) groups is 1. The molecular weight excluding hydrogens is 367 g/mol. The Morgan fingerprint density at radius 3 is 2.52 bits per heavy atom. The number of benzene rings is 2. The van der Waals surface area contributed by atoms with Gasteiger partial charge in [-0.05, 0) is 67.4 Å². The van der Waals surface area contributed by atoms with Crippen molar-refractivity contribution in [3.63, 3.8) is 0 Å². The molecule has 0 atom stereocenters. The minimum Gasteiger partial charge on any atom is -0.462 e. The number of hydrogen-bond donors (Lipinski definition) is 0. The van der Waals surface area contributed by atoms with Crippen LogP contribution in [0.3, 0.4) is 0 Å². The number of fused-ring (bicyclic) bond motifs is 1. The third-order valence-electron chi connectivity index (χ3n) is 4.67. The van der Waals surface area contributed by atoms with E-state index in [0.717, 1.165) is 33.5 Å². The molecule has 0 unspecified atom stereocenters. The summed E-state index contributed by atoms with van der Waals surface area (Å²) in [5.74, 6) is -0.675. The fraction of sp³-hybridized carbons (Fsp3) is 0.125. The fourth-order valence-electron chi connectivity index (χ4n) is 3.29. The standard InChI is InChI=1S/C24H19FN2O2/c1-3-29-24(28)18-6-9-20-21(16-4-7-19(25)8-5-16)14-22(27-23(20)13-18)17-10-11-26-15(2)12-17/h4-14H,3H2,1-2H3. The van der Waals surface area contributed by atoms with Gasteiger partial charge in [-0.2, -0.15) is 0 Å². The minimum absolute atomic E-state index is 0.290. The Labute approximate surface area is 168 Å². The van der Waals surface area contributed by atoms with Gasteiger partial charge in [0.05, 0.1) is 23.4 Å². The Morgan fingerprint density at radius 1 is 1.00 bits per heavy atom. The molecule has 0 fully saturated rings. The lowest BCUT2D eigenvalue weighted by molar-refractivity contribution is 0.0526. The van der Waals surface area contributed by atoms with Gasteiger partial charge in [0, 0.05) is 22.8 Å². The SMILES string of the molecule is CCOC(=O)c1ccc2c(-c3ccc(F)cc3)cc(-c3ccnc(C)c3)nc2c1. The van der Waals surface area contributed by atoms with E-state index in [4.69, 9.17) is 9.72 Å². The summed E-state index contributed by atoms with van der Waals surface area (Å²) in [6, 6.07) is 17.5. The number of halogens is 1. The summed E-state index contributed by atoms with van der Waals surface area (Å²) in [6.45, 7) is 4.00. The summed E-state index contributed by atoms with van der Waals surface area (Å²) >= 11 is 0. The predicted octanol–water partition coefficient (Wildman–Crippen LogP) is 5.59. The second kappa shape index (κ2) is 7.80. The largest absolute Gasteiger partial charge is 0.462 e. The number of hydrogen-bond acceptors (Lipinski definition) is 4. The van der Waals surface area contributed by atoms with E-state index < -0.39 is 0 Å². The molecule has 0 spiro atoms. The lowest BCUT2D eigenvalue weighted by Crippen LogP contribution is -2.04. The zero-order valence-corrected chi connectivity index (χ0v) is 16.1. The van der Waals surface area contributed by atoms with Crippen molar-refractivity contribution < 1.29 is 13.9 Å². The molecule has 4 aromatic rings. The highest BCUT2D eigenvalue weighted by Gasteiger charge is 2.13. The van der Waals surface area contributed by atoms with Gasteiger partial charge >= 0.3 is 5.97 Å². The highest BCUT2D eigenvalue weighted by atomic mass is 19.1. The Morgan fingerprint density at radius 2 is 1.79 bits per heavy atom. The highest BCUT2D eigenvalue weighted by molar-refractivity contribution is 6.00. The fourth-order valence-corrected chi connectivity index (χ4v) is 3.29. The topological polar surface area (TPSA) is 52.1 Å². The lowest BCUT2D eigenvalue weighted by Gasteiger charge is -2.12. The van der Waals surface area contributed by atoms with Crippen molar-refractivity contribution in [3.8, 4) is 22.4 Å². The van der Waals surface area contributed by atoms with Crippen LogP contribution >= 0.6 is 0 Å². The van der Waals surface area contributed by atoms with Gasteiger partial charge in [-0.25, -0.2) is 14.2 Å². The van der Waals surface area contributed by atoms with E-state index in [1.807, 2.05) is 31.2 Å². The van der Waals surface area contributed by atoms with E-state index in [2.05, 4.69) is 4.98 Å². The van der Waals surface area contributed by atoms with Crippen molar-refractivity contribution in [1.29, 1.82) is 0 Å². The van der Waals surface area contributed by atoms with Gasteiger partial charge in [0.15, 0.2) is 0 Å². The first-order valence-electron chi connectivity index (χ1n) is 9.36. The predicted molar refractivity (Wildman–Crippen MR) is 111 cm³/mol. The molecule has 0 aliphatic rings. The van der Waals surface area contributed by atoms with E-state index in [9.17, 15) is 9.18 Å². The Balaban J connectivity index is 1.96. The maximum atomic E-state index is 13.4. The third-order valence-corrected chi connectivity index (χ3v) is 4.67. The molecule has 0 bridgehead atoms. The lowest BCUT2D eigenvalue weighted by atomic mass is 9.97. The van der Waals surface area contributed by atoms with Crippen molar-refractivity contribution in [2.24, 2.45) is 0 Å². The summed E-state index contributed by atoms with van der Waals surface area (Å²) in [7, 11) is 0. The van der Waals surface area contributed by atoms with Gasteiger partial charge in [0.2, 0.25) is 0 Å². The summed E-state index contributed by atoms with van der Waals surface area (Å²) in [6.07, 6.45) is 1.74. The number of pyridine rings is 2. The summed E-state index contributed by atoms with van der Waals surface area (Å²) < 4.78 is 18.6. The molecule has 0 radical (unpaired) electrons. The van der Waals surface area contributed by atoms with E-state index in [-0.39, 0.29) is 11.8 Å². The van der Waals surface area contributed by atoms with Crippen molar-refractivity contribution in [1.82, 2.24) is 9.97 Å². The quantitative estimate of drug-likeness (QED) is 0.429. The van der Waals surface area contributed by atoms with Crippen molar-refractivity contribution >= 4 is 16.9 Å². The minimum atomic E-state index is -0.385. The van der Waals surface area contributed by atoms with Crippen LogP contribution < -0.4 is 0 Å². The number of nitrogens with zero attached hydrogens (tertiary/aromatic N) is 2. The average Bonchev–Trinajstić information content (AvgIpc) is 2.73. The number of esters is 1. The monoisotopic (exact) mass is 386 g/mol. The van der Waals surface area contributed by atoms with Crippen LogP contribution in [0.2, 0.25) is 0 Å². The zero-order chi connectivity index (χ0) is 20.4.